The standard InChI is InChI=1S/C27H46N4O7/c1-11-18(3)22(24(35)37-26(4,5)6)30-21(33)16-31(10)15-13-14-19(17-32)28-23(34)20(12-2)29-25(36)38-27(7,8)9/h13-15,17-18,20,22H,11-12,16H2,1-10H3,(H,28,34)(H,29,36)(H,30,33)/b15-13-,19-14+/t18?,20-,22-/m0/s1. The van der Waals surface area contributed by atoms with E-state index in [0.29, 0.717) is 12.7 Å². The van der Waals surface area contributed by atoms with Gasteiger partial charge in [-0.25, -0.2) is 9.59 Å². The van der Waals surface area contributed by atoms with Crippen LogP contribution in [-0.2, 0) is 28.7 Å². The molecule has 0 aliphatic rings. The topological polar surface area (TPSA) is 143 Å². The molecule has 0 aliphatic heterocycles. The van der Waals surface area contributed by atoms with Crippen LogP contribution in [0.4, 0.5) is 4.79 Å². The number of esters is 1. The number of nitrogens with zero attached hydrogens (tertiary/aromatic N) is 1. The van der Waals surface area contributed by atoms with Crippen molar-refractivity contribution in [2.45, 2.75) is 98.4 Å². The molecule has 3 atom stereocenters. The Morgan fingerprint density at radius 2 is 1.50 bits per heavy atom. The van der Waals surface area contributed by atoms with Crippen LogP contribution < -0.4 is 16.0 Å². The molecular weight excluding hydrogens is 492 g/mol. The van der Waals surface area contributed by atoms with Gasteiger partial charge in [0.05, 0.1) is 12.2 Å². The van der Waals surface area contributed by atoms with Crippen molar-refractivity contribution in [3.8, 4) is 0 Å². The second-order valence-electron chi connectivity index (χ2n) is 11.1. The van der Waals surface area contributed by atoms with Gasteiger partial charge >= 0.3 is 12.1 Å². The van der Waals surface area contributed by atoms with Gasteiger partial charge in [0.15, 0.2) is 6.29 Å². The summed E-state index contributed by atoms with van der Waals surface area (Å²) in [6.45, 7) is 15.9. The Kier molecular flexibility index (Phi) is 14.4. The molecule has 3 N–H and O–H groups in total. The Hall–Kier alpha value is -3.37. The van der Waals surface area contributed by atoms with Crippen LogP contribution in [0.15, 0.2) is 24.0 Å². The molecule has 0 radical (unpaired) electrons. The summed E-state index contributed by atoms with van der Waals surface area (Å²) in [6, 6.07) is -1.67. The minimum absolute atomic E-state index is 0.0321. The van der Waals surface area contributed by atoms with E-state index < -0.39 is 41.3 Å². The van der Waals surface area contributed by atoms with Gasteiger partial charge in [0.25, 0.3) is 0 Å². The number of ether oxygens (including phenoxy) is 2. The average molecular weight is 539 g/mol. The first-order valence-electron chi connectivity index (χ1n) is 12.8. The fourth-order valence-electron chi connectivity index (χ4n) is 2.97. The molecule has 0 fully saturated rings. The molecule has 0 heterocycles. The number of carbonyl (C=O) groups is 5. The fourth-order valence-corrected chi connectivity index (χ4v) is 2.97. The fraction of sp³-hybridized carbons (Fsp3) is 0.667. The number of hydrogen-bond donors (Lipinski definition) is 3. The predicted molar refractivity (Wildman–Crippen MR) is 145 cm³/mol. The number of amides is 3. The second-order valence-corrected chi connectivity index (χ2v) is 11.1. The van der Waals surface area contributed by atoms with Crippen LogP contribution in [0.2, 0.25) is 0 Å². The lowest BCUT2D eigenvalue weighted by Gasteiger charge is -2.28. The first-order chi connectivity index (χ1) is 17.4. The highest BCUT2D eigenvalue weighted by Gasteiger charge is 2.30. The normalized spacial score (nSPS) is 14.6. The third-order valence-electron chi connectivity index (χ3n) is 5.01. The van der Waals surface area contributed by atoms with E-state index in [1.165, 1.54) is 18.4 Å². The highest BCUT2D eigenvalue weighted by Crippen LogP contribution is 2.15. The largest absolute Gasteiger partial charge is 0.458 e. The first-order valence-corrected chi connectivity index (χ1v) is 12.8. The number of nitrogens with one attached hydrogen (secondary N) is 3. The lowest BCUT2D eigenvalue weighted by Crippen LogP contribution is -2.49. The molecule has 216 valence electrons. The van der Waals surface area contributed by atoms with Gasteiger partial charge in [0.2, 0.25) is 11.8 Å². The van der Waals surface area contributed by atoms with Crippen LogP contribution in [0.5, 0.6) is 0 Å². The van der Waals surface area contributed by atoms with Gasteiger partial charge in [-0.2, -0.15) is 0 Å². The SMILES string of the molecule is CCC(C)[C@H](NC(=O)CN(C)/C=C\C=C(/C=O)NC(=O)[C@H](CC)NC(=O)OC(C)(C)C)C(=O)OC(C)(C)C. The van der Waals surface area contributed by atoms with Crippen molar-refractivity contribution in [1.29, 1.82) is 0 Å². The van der Waals surface area contributed by atoms with E-state index in [2.05, 4.69) is 16.0 Å². The van der Waals surface area contributed by atoms with Crippen LogP contribution in [0, 0.1) is 5.92 Å². The van der Waals surface area contributed by atoms with E-state index in [4.69, 9.17) is 9.47 Å². The molecule has 0 saturated heterocycles. The lowest BCUT2D eigenvalue weighted by atomic mass is 9.99. The summed E-state index contributed by atoms with van der Waals surface area (Å²) in [6.07, 6.45) is 5.08. The summed E-state index contributed by atoms with van der Waals surface area (Å²) in [5.41, 5.74) is -1.42. The van der Waals surface area contributed by atoms with Crippen LogP contribution >= 0.6 is 0 Å². The average Bonchev–Trinajstić information content (AvgIpc) is 2.77. The number of carbonyl (C=O) groups excluding carboxylic acids is 5. The van der Waals surface area contributed by atoms with Crippen molar-refractivity contribution in [3.05, 3.63) is 24.0 Å². The highest BCUT2D eigenvalue weighted by atomic mass is 16.6. The first kappa shape index (κ1) is 34.6. The Morgan fingerprint density at radius 3 is 1.97 bits per heavy atom. The molecular formula is C27H46N4O7. The minimum Gasteiger partial charge on any atom is -0.458 e. The highest BCUT2D eigenvalue weighted by molar-refractivity contribution is 5.91. The molecule has 0 aromatic heterocycles. The molecule has 11 heteroatoms. The van der Waals surface area contributed by atoms with Crippen LogP contribution in [0.25, 0.3) is 0 Å². The van der Waals surface area contributed by atoms with E-state index in [9.17, 15) is 24.0 Å². The van der Waals surface area contributed by atoms with Gasteiger partial charge in [-0.1, -0.05) is 27.2 Å². The van der Waals surface area contributed by atoms with Crippen molar-refractivity contribution in [3.63, 3.8) is 0 Å². The molecule has 0 rings (SSSR count). The zero-order valence-electron chi connectivity index (χ0n) is 24.5. The summed E-state index contributed by atoms with van der Waals surface area (Å²) in [5.74, 6) is -1.55. The number of aldehydes is 1. The van der Waals surface area contributed by atoms with Gasteiger partial charge in [-0.3, -0.25) is 14.4 Å². The molecule has 0 bridgehead atoms. The molecule has 0 aliphatic carbocycles. The van der Waals surface area contributed by atoms with Crippen molar-refractivity contribution in [2.75, 3.05) is 13.6 Å². The number of likely N-dealkylation sites (N-methyl/N-ethyl adjacent to an activating group) is 1. The maximum atomic E-state index is 12.6. The quantitative estimate of drug-likeness (QED) is 0.141. The third kappa shape index (κ3) is 15.0. The van der Waals surface area contributed by atoms with Crippen LogP contribution in [-0.4, -0.2) is 71.9 Å². The van der Waals surface area contributed by atoms with Crippen molar-refractivity contribution in [2.24, 2.45) is 5.92 Å². The maximum Gasteiger partial charge on any atom is 0.408 e. The van der Waals surface area contributed by atoms with E-state index >= 15 is 0 Å². The van der Waals surface area contributed by atoms with E-state index in [-0.39, 0.29) is 30.5 Å². The number of rotatable bonds is 13. The second kappa shape index (κ2) is 15.8. The summed E-state index contributed by atoms with van der Waals surface area (Å²) >= 11 is 0. The summed E-state index contributed by atoms with van der Waals surface area (Å²) in [7, 11) is 1.65. The lowest BCUT2D eigenvalue weighted by molar-refractivity contribution is -0.160. The van der Waals surface area contributed by atoms with Gasteiger partial charge in [0.1, 0.15) is 23.3 Å². The van der Waals surface area contributed by atoms with Crippen molar-refractivity contribution >= 4 is 30.2 Å². The van der Waals surface area contributed by atoms with Crippen LogP contribution in [0.1, 0.15) is 75.2 Å². The van der Waals surface area contributed by atoms with Gasteiger partial charge in [0, 0.05) is 7.05 Å². The number of allylic oxidation sites excluding steroid dienone is 3. The van der Waals surface area contributed by atoms with Crippen molar-refractivity contribution < 1.29 is 33.4 Å². The smallest absolute Gasteiger partial charge is 0.408 e. The van der Waals surface area contributed by atoms with Crippen molar-refractivity contribution in [1.82, 2.24) is 20.9 Å². The van der Waals surface area contributed by atoms with Gasteiger partial charge in [-0.05, 0) is 72.2 Å². The Bertz CT molecular complexity index is 885. The number of hydrogen-bond acceptors (Lipinski definition) is 8. The molecule has 1 unspecified atom stereocenters. The monoisotopic (exact) mass is 538 g/mol. The summed E-state index contributed by atoms with van der Waals surface area (Å²) in [5, 5.41) is 7.68. The predicted octanol–water partition coefficient (Wildman–Crippen LogP) is 2.81. The Balaban J connectivity index is 5.10. The molecule has 11 nitrogen and oxygen atoms in total. The molecule has 3 amide bonds. The van der Waals surface area contributed by atoms with E-state index in [1.807, 2.05) is 13.8 Å². The maximum absolute atomic E-state index is 12.6. The van der Waals surface area contributed by atoms with Crippen LogP contribution in [0.3, 0.4) is 0 Å². The van der Waals surface area contributed by atoms with Gasteiger partial charge < -0.3 is 30.3 Å². The van der Waals surface area contributed by atoms with E-state index in [1.54, 1.807) is 60.4 Å². The van der Waals surface area contributed by atoms with Gasteiger partial charge in [-0.15, -0.1) is 0 Å². The Morgan fingerprint density at radius 1 is 0.921 bits per heavy atom. The molecule has 0 aromatic rings. The molecule has 38 heavy (non-hydrogen) atoms. The third-order valence-corrected chi connectivity index (χ3v) is 5.01. The molecule has 0 aromatic carbocycles. The zero-order valence-corrected chi connectivity index (χ0v) is 24.5. The molecule has 0 saturated carbocycles. The minimum atomic E-state index is -0.896. The zero-order chi connectivity index (χ0) is 29.7. The Labute approximate surface area is 226 Å². The summed E-state index contributed by atoms with van der Waals surface area (Å²) < 4.78 is 10.6. The number of alkyl carbamates (subject to hydrolysis) is 1. The summed E-state index contributed by atoms with van der Waals surface area (Å²) in [4.78, 5) is 62.6. The van der Waals surface area contributed by atoms with E-state index in [0.717, 1.165) is 0 Å². The molecule has 0 spiro atoms.